The number of carbonyl (C=O) groups is 1. The maximum atomic E-state index is 12.1. The van der Waals surface area contributed by atoms with Crippen LogP contribution in [0, 0.1) is 0 Å². The molecule has 0 radical (unpaired) electrons. The minimum atomic E-state index is -0.153. The lowest BCUT2D eigenvalue weighted by atomic mass is 9.96. The van der Waals surface area contributed by atoms with Gasteiger partial charge in [0.1, 0.15) is 12.4 Å². The smallest absolute Gasteiger partial charge is 0.319 e. The van der Waals surface area contributed by atoms with Crippen molar-refractivity contribution < 1.29 is 14.6 Å². The summed E-state index contributed by atoms with van der Waals surface area (Å²) in [4.78, 5) is 12.1. The van der Waals surface area contributed by atoms with Crippen LogP contribution in [0.2, 0.25) is 0 Å². The molecule has 0 spiro atoms. The fraction of sp³-hybridized carbons (Fsp3) is 0.650. The monoisotopic (exact) mass is 363 g/mol. The average molecular weight is 364 g/mol. The van der Waals surface area contributed by atoms with E-state index in [2.05, 4.69) is 36.7 Å². The van der Waals surface area contributed by atoms with Gasteiger partial charge in [-0.1, -0.05) is 19.3 Å². The van der Waals surface area contributed by atoms with E-state index in [1.165, 1.54) is 19.3 Å². The Labute approximate surface area is 156 Å². The van der Waals surface area contributed by atoms with Crippen molar-refractivity contribution in [1.29, 1.82) is 0 Å². The van der Waals surface area contributed by atoms with Gasteiger partial charge in [-0.2, -0.15) is 0 Å². The molecule has 0 aromatic heterocycles. The lowest BCUT2D eigenvalue weighted by Gasteiger charge is -2.27. The van der Waals surface area contributed by atoms with E-state index < -0.39 is 0 Å². The number of anilines is 1. The molecule has 0 saturated heterocycles. The molecular formula is C20H33N3O3. The Morgan fingerprint density at radius 2 is 1.85 bits per heavy atom. The summed E-state index contributed by atoms with van der Waals surface area (Å²) in [5.41, 5.74) is 0.646. The molecule has 1 aliphatic carbocycles. The summed E-state index contributed by atoms with van der Waals surface area (Å²) in [6.45, 7) is 6.54. The Kier molecular flexibility index (Phi) is 7.72. The minimum Gasteiger partial charge on any atom is -0.492 e. The fourth-order valence-corrected chi connectivity index (χ4v) is 3.18. The second-order valence-electron chi connectivity index (χ2n) is 8.04. The molecule has 1 saturated carbocycles. The van der Waals surface area contributed by atoms with E-state index in [-0.39, 0.29) is 30.3 Å². The number of aliphatic hydroxyl groups is 1. The molecule has 2 rings (SSSR count). The summed E-state index contributed by atoms with van der Waals surface area (Å²) in [7, 11) is 0. The van der Waals surface area contributed by atoms with Gasteiger partial charge in [-0.05, 0) is 57.9 Å². The van der Waals surface area contributed by atoms with Crippen molar-refractivity contribution in [2.75, 3.05) is 18.5 Å². The third-order valence-electron chi connectivity index (χ3n) is 4.36. The molecule has 4 N–H and O–H groups in total. The van der Waals surface area contributed by atoms with E-state index in [4.69, 9.17) is 4.74 Å². The summed E-state index contributed by atoms with van der Waals surface area (Å²) < 4.78 is 5.74. The average Bonchev–Trinajstić information content (AvgIpc) is 2.59. The first-order chi connectivity index (χ1) is 12.4. The third-order valence-corrected chi connectivity index (χ3v) is 4.36. The molecule has 2 amide bonds. The summed E-state index contributed by atoms with van der Waals surface area (Å²) in [5, 5.41) is 18.7. The molecular weight excluding hydrogens is 330 g/mol. The zero-order valence-electron chi connectivity index (χ0n) is 16.2. The molecule has 0 bridgehead atoms. The lowest BCUT2D eigenvalue weighted by Crippen LogP contribution is -2.48. The summed E-state index contributed by atoms with van der Waals surface area (Å²) in [6, 6.07) is 7.29. The Balaban J connectivity index is 1.77. The topological polar surface area (TPSA) is 82.6 Å². The van der Waals surface area contributed by atoms with Gasteiger partial charge in [-0.3, -0.25) is 0 Å². The first-order valence-electron chi connectivity index (χ1n) is 9.54. The molecule has 1 aromatic carbocycles. The van der Waals surface area contributed by atoms with Gasteiger partial charge in [-0.15, -0.1) is 0 Å². The number of aliphatic hydroxyl groups excluding tert-OH is 1. The normalized spacial score (nSPS) is 16.8. The van der Waals surface area contributed by atoms with Gasteiger partial charge in [0.2, 0.25) is 0 Å². The van der Waals surface area contributed by atoms with Gasteiger partial charge in [0.15, 0.2) is 0 Å². The SMILES string of the molecule is CC(C)(C)N[C@@H](CO)COc1ccc(NC(=O)NC2CCCCC2)cc1. The molecule has 0 heterocycles. The lowest BCUT2D eigenvalue weighted by molar-refractivity contribution is 0.161. The fourth-order valence-electron chi connectivity index (χ4n) is 3.18. The van der Waals surface area contributed by atoms with Crippen LogP contribution in [-0.4, -0.2) is 42.0 Å². The zero-order chi connectivity index (χ0) is 19.0. The number of hydrogen-bond donors (Lipinski definition) is 4. The Hall–Kier alpha value is -1.79. The first kappa shape index (κ1) is 20.5. The van der Waals surface area contributed by atoms with Gasteiger partial charge in [-0.25, -0.2) is 4.79 Å². The van der Waals surface area contributed by atoms with Crippen molar-refractivity contribution in [3.8, 4) is 5.75 Å². The minimum absolute atomic E-state index is 0.0121. The largest absolute Gasteiger partial charge is 0.492 e. The van der Waals surface area contributed by atoms with Crippen LogP contribution in [0.4, 0.5) is 10.5 Å². The molecule has 1 aliphatic rings. The van der Waals surface area contributed by atoms with Gasteiger partial charge in [0, 0.05) is 17.3 Å². The highest BCUT2D eigenvalue weighted by molar-refractivity contribution is 5.89. The molecule has 6 heteroatoms. The highest BCUT2D eigenvalue weighted by Crippen LogP contribution is 2.19. The Morgan fingerprint density at radius 1 is 1.19 bits per heavy atom. The number of amides is 2. The standard InChI is InChI=1S/C20H33N3O3/c1-20(2,3)23-17(13-24)14-26-18-11-9-16(10-12-18)22-19(25)21-15-7-5-4-6-8-15/h9-12,15,17,23-24H,4-8,13-14H2,1-3H3,(H2,21,22,25)/t17-/m0/s1. The summed E-state index contributed by atoms with van der Waals surface area (Å²) >= 11 is 0. The number of nitrogens with one attached hydrogen (secondary N) is 3. The Bertz CT molecular complexity index is 548. The molecule has 0 unspecified atom stereocenters. The Morgan fingerprint density at radius 3 is 2.42 bits per heavy atom. The number of carbonyl (C=O) groups excluding carboxylic acids is 1. The highest BCUT2D eigenvalue weighted by Gasteiger charge is 2.17. The number of ether oxygens (including phenoxy) is 1. The van der Waals surface area contributed by atoms with E-state index in [9.17, 15) is 9.90 Å². The van der Waals surface area contributed by atoms with Gasteiger partial charge in [0.25, 0.3) is 0 Å². The number of rotatable bonds is 7. The molecule has 0 aliphatic heterocycles. The van der Waals surface area contributed by atoms with Crippen LogP contribution in [0.5, 0.6) is 5.75 Å². The van der Waals surface area contributed by atoms with Crippen LogP contribution in [0.15, 0.2) is 24.3 Å². The second-order valence-corrected chi connectivity index (χ2v) is 8.04. The summed E-state index contributed by atoms with van der Waals surface area (Å²) in [6.07, 6.45) is 5.78. The number of urea groups is 1. The zero-order valence-corrected chi connectivity index (χ0v) is 16.2. The quantitative estimate of drug-likeness (QED) is 0.599. The van der Waals surface area contributed by atoms with E-state index >= 15 is 0 Å². The number of hydrogen-bond acceptors (Lipinski definition) is 4. The molecule has 1 aromatic rings. The van der Waals surface area contributed by atoms with E-state index in [0.29, 0.717) is 12.4 Å². The van der Waals surface area contributed by atoms with Crippen LogP contribution in [0.1, 0.15) is 52.9 Å². The maximum Gasteiger partial charge on any atom is 0.319 e. The van der Waals surface area contributed by atoms with Gasteiger partial charge >= 0.3 is 6.03 Å². The van der Waals surface area contributed by atoms with Crippen LogP contribution < -0.4 is 20.7 Å². The van der Waals surface area contributed by atoms with Crippen molar-refractivity contribution in [3.05, 3.63) is 24.3 Å². The van der Waals surface area contributed by atoms with Crippen LogP contribution in [0.3, 0.4) is 0 Å². The first-order valence-corrected chi connectivity index (χ1v) is 9.54. The van der Waals surface area contributed by atoms with Crippen molar-refractivity contribution in [2.45, 2.75) is 70.5 Å². The van der Waals surface area contributed by atoms with Crippen LogP contribution in [0.25, 0.3) is 0 Å². The van der Waals surface area contributed by atoms with E-state index in [0.717, 1.165) is 18.5 Å². The second kappa shape index (κ2) is 9.78. The molecule has 1 fully saturated rings. The van der Waals surface area contributed by atoms with Crippen molar-refractivity contribution in [3.63, 3.8) is 0 Å². The molecule has 146 valence electrons. The van der Waals surface area contributed by atoms with Crippen molar-refractivity contribution in [1.82, 2.24) is 10.6 Å². The van der Waals surface area contributed by atoms with Crippen LogP contribution in [-0.2, 0) is 0 Å². The third kappa shape index (κ3) is 7.62. The molecule has 6 nitrogen and oxygen atoms in total. The molecule has 1 atom stereocenters. The van der Waals surface area contributed by atoms with E-state index in [1.807, 2.05) is 24.3 Å². The van der Waals surface area contributed by atoms with Crippen LogP contribution >= 0.6 is 0 Å². The summed E-state index contributed by atoms with van der Waals surface area (Å²) in [5.74, 6) is 0.706. The van der Waals surface area contributed by atoms with Gasteiger partial charge < -0.3 is 25.8 Å². The van der Waals surface area contributed by atoms with E-state index in [1.54, 1.807) is 0 Å². The number of benzene rings is 1. The molecule has 26 heavy (non-hydrogen) atoms. The van der Waals surface area contributed by atoms with Crippen molar-refractivity contribution >= 4 is 11.7 Å². The highest BCUT2D eigenvalue weighted by atomic mass is 16.5. The predicted octanol–water partition coefficient (Wildman–Crippen LogP) is 3.27. The maximum absolute atomic E-state index is 12.1. The predicted molar refractivity (Wildman–Crippen MR) is 105 cm³/mol. The van der Waals surface area contributed by atoms with Crippen molar-refractivity contribution in [2.24, 2.45) is 0 Å². The van der Waals surface area contributed by atoms with Gasteiger partial charge in [0.05, 0.1) is 12.6 Å².